The van der Waals surface area contributed by atoms with Crippen LogP contribution in [0.1, 0.15) is 51.7 Å². The summed E-state index contributed by atoms with van der Waals surface area (Å²) in [6, 6.07) is 17.3. The molecule has 238 valence electrons. The van der Waals surface area contributed by atoms with Crippen LogP contribution in [0, 0.1) is 11.8 Å². The van der Waals surface area contributed by atoms with Crippen molar-refractivity contribution in [3.8, 4) is 0 Å². The Balaban J connectivity index is 1.58. The third-order valence-corrected chi connectivity index (χ3v) is 7.17. The quantitative estimate of drug-likeness (QED) is 0.260. The van der Waals surface area contributed by atoms with Gasteiger partial charge in [-0.25, -0.2) is 9.59 Å². The first-order chi connectivity index (χ1) is 20.9. The van der Waals surface area contributed by atoms with E-state index in [2.05, 4.69) is 5.32 Å². The van der Waals surface area contributed by atoms with E-state index < -0.39 is 41.2 Å². The third kappa shape index (κ3) is 9.90. The predicted molar refractivity (Wildman–Crippen MR) is 164 cm³/mol. The van der Waals surface area contributed by atoms with Crippen LogP contribution in [0.3, 0.4) is 0 Å². The molecule has 2 aromatic rings. The van der Waals surface area contributed by atoms with Gasteiger partial charge in [0.15, 0.2) is 11.3 Å². The molecule has 11 nitrogen and oxygen atoms in total. The molecule has 0 bridgehead atoms. The zero-order valence-corrected chi connectivity index (χ0v) is 26.0. The van der Waals surface area contributed by atoms with Crippen LogP contribution in [0.15, 0.2) is 60.7 Å². The van der Waals surface area contributed by atoms with E-state index in [1.807, 2.05) is 76.2 Å². The molecule has 0 spiro atoms. The number of ether oxygens (including phenoxy) is 2. The van der Waals surface area contributed by atoms with Gasteiger partial charge in [0, 0.05) is 13.1 Å². The monoisotopic (exact) mass is 608 g/mol. The Labute approximate surface area is 259 Å². The lowest BCUT2D eigenvalue weighted by Gasteiger charge is -2.35. The number of nitrogens with two attached hydrogens (primary N) is 1. The molecule has 3 N–H and O–H groups in total. The number of likely N-dealkylation sites (tertiary alicyclic amines) is 1. The number of benzene rings is 2. The molecule has 1 unspecified atom stereocenters. The Morgan fingerprint density at radius 3 is 2.02 bits per heavy atom. The van der Waals surface area contributed by atoms with Gasteiger partial charge in [-0.1, -0.05) is 88.4 Å². The normalized spacial score (nSPS) is 16.3. The van der Waals surface area contributed by atoms with E-state index in [-0.39, 0.29) is 57.5 Å². The fraction of sp³-hybridized carbons (Fsp3) is 0.485. The summed E-state index contributed by atoms with van der Waals surface area (Å²) >= 11 is 0. The first-order valence-corrected chi connectivity index (χ1v) is 15.0. The zero-order chi connectivity index (χ0) is 32.3. The van der Waals surface area contributed by atoms with Gasteiger partial charge < -0.3 is 25.4 Å². The summed E-state index contributed by atoms with van der Waals surface area (Å²) in [6.07, 6.45) is -0.465. The number of nitrogens with zero attached hydrogens (tertiary/aromatic N) is 2. The standard InChI is InChI=1S/C33H44N4O7/c1-23(2)17-33(34,31(41)43-21-25-11-7-5-8-12-25)30(40)35-27-15-16-36(19-28(27)38)29(39)20-37(18-24(3)4)32(42)44-22-26-13-9-6-10-14-26/h5-14,23-24,27H,15-22,34H2,1-4H3,(H,35,40)/t27?,33-/m0/s1. The lowest BCUT2D eigenvalue weighted by atomic mass is 9.88. The fourth-order valence-electron chi connectivity index (χ4n) is 4.96. The number of piperidine rings is 1. The molecule has 44 heavy (non-hydrogen) atoms. The van der Waals surface area contributed by atoms with Crippen molar-refractivity contribution in [1.29, 1.82) is 0 Å². The topological polar surface area (TPSA) is 148 Å². The Morgan fingerprint density at radius 1 is 0.932 bits per heavy atom. The number of esters is 1. The zero-order valence-electron chi connectivity index (χ0n) is 26.0. The molecule has 0 radical (unpaired) electrons. The van der Waals surface area contributed by atoms with E-state index in [1.54, 1.807) is 12.1 Å². The summed E-state index contributed by atoms with van der Waals surface area (Å²) in [6.45, 7) is 7.51. The molecule has 1 heterocycles. The molecule has 3 amide bonds. The maximum atomic E-state index is 13.3. The minimum absolute atomic E-state index is 0.0179. The van der Waals surface area contributed by atoms with E-state index in [0.29, 0.717) is 6.54 Å². The number of hydrogen-bond acceptors (Lipinski definition) is 8. The second-order valence-electron chi connectivity index (χ2n) is 12.0. The van der Waals surface area contributed by atoms with Gasteiger partial charge in [-0.15, -0.1) is 0 Å². The SMILES string of the molecule is CC(C)CN(CC(=O)N1CCC(NC(=O)[C@@](N)(CC(C)C)C(=O)OCc2ccccc2)C(=O)C1)C(=O)OCc1ccccc1. The van der Waals surface area contributed by atoms with Crippen molar-refractivity contribution in [3.05, 3.63) is 71.8 Å². The molecule has 11 heteroatoms. The minimum Gasteiger partial charge on any atom is -0.459 e. The maximum absolute atomic E-state index is 13.3. The molecule has 1 fully saturated rings. The first kappa shape index (κ1) is 34.2. The van der Waals surface area contributed by atoms with Gasteiger partial charge in [-0.2, -0.15) is 0 Å². The van der Waals surface area contributed by atoms with Crippen LogP contribution in [0.25, 0.3) is 0 Å². The van der Waals surface area contributed by atoms with Crippen LogP contribution >= 0.6 is 0 Å². The van der Waals surface area contributed by atoms with E-state index in [1.165, 1.54) is 9.80 Å². The lowest BCUT2D eigenvalue weighted by molar-refractivity contribution is -0.157. The molecule has 3 rings (SSSR count). The van der Waals surface area contributed by atoms with Gasteiger partial charge in [0.25, 0.3) is 5.91 Å². The average Bonchev–Trinajstić information content (AvgIpc) is 2.99. The Bertz CT molecular complexity index is 1290. The van der Waals surface area contributed by atoms with E-state index in [9.17, 15) is 24.0 Å². The Hall–Kier alpha value is -4.25. The first-order valence-electron chi connectivity index (χ1n) is 15.0. The average molecular weight is 609 g/mol. The number of Topliss-reactive ketones (excluding diaryl/α,β-unsaturated/α-hetero) is 1. The van der Waals surface area contributed by atoms with Crippen LogP contribution in [-0.2, 0) is 41.9 Å². The number of carbonyl (C=O) groups excluding carboxylic acids is 5. The van der Waals surface area contributed by atoms with Crippen molar-refractivity contribution in [3.63, 3.8) is 0 Å². The number of hydrogen-bond donors (Lipinski definition) is 2. The van der Waals surface area contributed by atoms with Crippen molar-refractivity contribution in [2.45, 2.75) is 65.3 Å². The highest BCUT2D eigenvalue weighted by Gasteiger charge is 2.46. The summed E-state index contributed by atoms with van der Waals surface area (Å²) in [5, 5.41) is 2.63. The van der Waals surface area contributed by atoms with E-state index in [0.717, 1.165) is 11.1 Å². The lowest BCUT2D eigenvalue weighted by Crippen LogP contribution is -2.64. The highest BCUT2D eigenvalue weighted by Crippen LogP contribution is 2.20. The molecule has 0 aliphatic carbocycles. The highest BCUT2D eigenvalue weighted by atomic mass is 16.6. The highest BCUT2D eigenvalue weighted by molar-refractivity contribution is 6.08. The number of amides is 3. The maximum Gasteiger partial charge on any atom is 0.410 e. The number of carbonyl (C=O) groups is 5. The third-order valence-electron chi connectivity index (χ3n) is 7.17. The second kappa shape index (κ2) is 16.0. The van der Waals surface area contributed by atoms with Crippen molar-refractivity contribution in [2.75, 3.05) is 26.2 Å². The van der Waals surface area contributed by atoms with Gasteiger partial charge in [-0.3, -0.25) is 19.3 Å². The van der Waals surface area contributed by atoms with Gasteiger partial charge in [0.2, 0.25) is 5.91 Å². The summed E-state index contributed by atoms with van der Waals surface area (Å²) < 4.78 is 10.8. The Kier molecular flexibility index (Phi) is 12.5. The molecule has 1 saturated heterocycles. The van der Waals surface area contributed by atoms with E-state index >= 15 is 0 Å². The molecular formula is C33H44N4O7. The van der Waals surface area contributed by atoms with Crippen LogP contribution in [0.2, 0.25) is 0 Å². The minimum atomic E-state index is -1.99. The van der Waals surface area contributed by atoms with E-state index in [4.69, 9.17) is 15.2 Å². The second-order valence-corrected chi connectivity index (χ2v) is 12.0. The summed E-state index contributed by atoms with van der Waals surface area (Å²) in [5.41, 5.74) is 5.94. The largest absolute Gasteiger partial charge is 0.459 e. The van der Waals surface area contributed by atoms with Crippen LogP contribution in [0.4, 0.5) is 4.79 Å². The molecular weight excluding hydrogens is 564 g/mol. The molecule has 0 saturated carbocycles. The number of nitrogens with one attached hydrogen (secondary N) is 1. The molecule has 2 aromatic carbocycles. The smallest absolute Gasteiger partial charge is 0.410 e. The molecule has 1 aliphatic rings. The van der Waals surface area contributed by atoms with Gasteiger partial charge in [0.05, 0.1) is 12.6 Å². The van der Waals surface area contributed by atoms with Gasteiger partial charge in [0.1, 0.15) is 19.8 Å². The molecule has 0 aromatic heterocycles. The summed E-state index contributed by atoms with van der Waals surface area (Å²) in [7, 11) is 0. The van der Waals surface area contributed by atoms with Crippen molar-refractivity contribution < 1.29 is 33.4 Å². The van der Waals surface area contributed by atoms with Gasteiger partial charge >= 0.3 is 12.1 Å². The number of rotatable bonds is 13. The van der Waals surface area contributed by atoms with Crippen LogP contribution in [-0.4, -0.2) is 77.2 Å². The number of ketones is 1. The van der Waals surface area contributed by atoms with Crippen molar-refractivity contribution in [1.82, 2.24) is 15.1 Å². The van der Waals surface area contributed by atoms with Crippen molar-refractivity contribution >= 4 is 29.7 Å². The van der Waals surface area contributed by atoms with Gasteiger partial charge in [-0.05, 0) is 35.8 Å². The molecule has 1 aliphatic heterocycles. The predicted octanol–water partition coefficient (Wildman–Crippen LogP) is 3.05. The van der Waals surface area contributed by atoms with Crippen molar-refractivity contribution in [2.24, 2.45) is 17.6 Å². The Morgan fingerprint density at radius 2 is 1.50 bits per heavy atom. The summed E-state index contributed by atoms with van der Waals surface area (Å²) in [5.74, 6) is -2.51. The van der Waals surface area contributed by atoms with Crippen LogP contribution in [0.5, 0.6) is 0 Å². The summed E-state index contributed by atoms with van der Waals surface area (Å²) in [4.78, 5) is 68.1. The fourth-order valence-corrected chi connectivity index (χ4v) is 4.96. The van der Waals surface area contributed by atoms with Crippen LogP contribution < -0.4 is 11.1 Å². The molecule has 2 atom stereocenters.